The first-order valence-electron chi connectivity index (χ1n) is 10.2. The Morgan fingerprint density at radius 2 is 1.69 bits per heavy atom. The zero-order valence-electron chi connectivity index (χ0n) is 19.3. The third kappa shape index (κ3) is 6.53. The number of carbonyl (C=O) groups is 1. The van der Waals surface area contributed by atoms with Crippen LogP contribution in [-0.2, 0) is 14.8 Å². The summed E-state index contributed by atoms with van der Waals surface area (Å²) in [6.45, 7) is 5.68. The molecule has 32 heavy (non-hydrogen) atoms. The summed E-state index contributed by atoms with van der Waals surface area (Å²) in [5.74, 6) is 1.03. The van der Waals surface area contributed by atoms with E-state index in [9.17, 15) is 13.2 Å². The van der Waals surface area contributed by atoms with Crippen molar-refractivity contribution in [2.24, 2.45) is 5.92 Å². The molecule has 0 spiro atoms. The number of amides is 1. The molecule has 0 saturated heterocycles. The Balaban J connectivity index is 2.34. The highest BCUT2D eigenvalue weighted by molar-refractivity contribution is 7.92. The summed E-state index contributed by atoms with van der Waals surface area (Å²) in [7, 11) is -0.710. The summed E-state index contributed by atoms with van der Waals surface area (Å²) >= 11 is 6.20. The monoisotopic (exact) mass is 482 g/mol. The lowest BCUT2D eigenvalue weighted by molar-refractivity contribution is -0.122. The summed E-state index contributed by atoms with van der Waals surface area (Å²) in [5, 5.41) is 3.27. The number of nitrogens with zero attached hydrogens (tertiary/aromatic N) is 1. The fraction of sp³-hybridized carbons (Fsp3) is 0.435. The molecule has 1 N–H and O–H groups in total. The van der Waals surface area contributed by atoms with Crippen molar-refractivity contribution in [2.45, 2.75) is 39.3 Å². The van der Waals surface area contributed by atoms with Crippen molar-refractivity contribution < 1.29 is 22.7 Å². The molecule has 1 amide bonds. The summed E-state index contributed by atoms with van der Waals surface area (Å²) in [6.07, 6.45) is 1.75. The quantitative estimate of drug-likeness (QED) is 0.542. The van der Waals surface area contributed by atoms with Crippen molar-refractivity contribution in [3.8, 4) is 11.5 Å². The average molecular weight is 483 g/mol. The first-order valence-corrected chi connectivity index (χ1v) is 12.5. The van der Waals surface area contributed by atoms with E-state index in [0.29, 0.717) is 18.1 Å². The third-order valence-electron chi connectivity index (χ3n) is 5.02. The maximum atomic E-state index is 13.2. The SMILES string of the molecule is COc1ccc([C@@H](CC(C)C)NC(=O)[C@@H](C)N(c2ccc(OC)c(Cl)c2)S(C)(=O)=O)cc1. The van der Waals surface area contributed by atoms with Crippen LogP contribution in [0.4, 0.5) is 5.69 Å². The second kappa shape index (κ2) is 10.9. The van der Waals surface area contributed by atoms with Crippen LogP contribution >= 0.6 is 11.6 Å². The van der Waals surface area contributed by atoms with Gasteiger partial charge in [-0.2, -0.15) is 0 Å². The normalized spacial score (nSPS) is 13.4. The first kappa shape index (κ1) is 25.8. The van der Waals surface area contributed by atoms with E-state index in [0.717, 1.165) is 21.9 Å². The summed E-state index contributed by atoms with van der Waals surface area (Å²) < 4.78 is 36.6. The molecule has 0 aromatic heterocycles. The van der Waals surface area contributed by atoms with Crippen molar-refractivity contribution >= 4 is 33.2 Å². The molecule has 2 atom stereocenters. The van der Waals surface area contributed by atoms with E-state index in [1.807, 2.05) is 24.3 Å². The van der Waals surface area contributed by atoms with Gasteiger partial charge in [0.15, 0.2) is 0 Å². The predicted molar refractivity (Wildman–Crippen MR) is 128 cm³/mol. The lowest BCUT2D eigenvalue weighted by Crippen LogP contribution is -2.48. The molecule has 0 heterocycles. The molecule has 0 saturated carbocycles. The lowest BCUT2D eigenvalue weighted by Gasteiger charge is -2.30. The van der Waals surface area contributed by atoms with E-state index in [1.165, 1.54) is 13.2 Å². The van der Waals surface area contributed by atoms with Gasteiger partial charge in [-0.3, -0.25) is 9.10 Å². The minimum Gasteiger partial charge on any atom is -0.497 e. The minimum atomic E-state index is -3.77. The molecular formula is C23H31ClN2O5S. The van der Waals surface area contributed by atoms with Crippen LogP contribution in [0.1, 0.15) is 38.8 Å². The number of halogens is 1. The van der Waals surface area contributed by atoms with Crippen LogP contribution in [0.3, 0.4) is 0 Å². The van der Waals surface area contributed by atoms with Gasteiger partial charge in [0.2, 0.25) is 15.9 Å². The van der Waals surface area contributed by atoms with E-state index in [1.54, 1.807) is 26.2 Å². The standard InChI is InChI=1S/C23H31ClN2O5S/c1-15(2)13-21(17-7-10-19(30-4)11-8-17)25-23(27)16(3)26(32(6,28)29)18-9-12-22(31-5)20(24)14-18/h7-12,14-16,21H,13H2,1-6H3,(H,25,27)/t16-,21-/m1/s1. The van der Waals surface area contributed by atoms with Crippen LogP contribution in [0.2, 0.25) is 5.02 Å². The van der Waals surface area contributed by atoms with Gasteiger partial charge in [0.1, 0.15) is 17.5 Å². The highest BCUT2D eigenvalue weighted by Gasteiger charge is 2.31. The van der Waals surface area contributed by atoms with Crippen molar-refractivity contribution in [2.75, 3.05) is 24.8 Å². The maximum Gasteiger partial charge on any atom is 0.244 e. The average Bonchev–Trinajstić information content (AvgIpc) is 2.72. The molecule has 9 heteroatoms. The summed E-state index contributed by atoms with van der Waals surface area (Å²) in [6, 6.07) is 10.8. The molecule has 0 fully saturated rings. The molecule has 0 bridgehead atoms. The highest BCUT2D eigenvalue weighted by atomic mass is 35.5. The predicted octanol–water partition coefficient (Wildman–Crippen LogP) is 4.42. The molecule has 0 unspecified atom stereocenters. The zero-order chi connectivity index (χ0) is 24.1. The minimum absolute atomic E-state index is 0.252. The molecule has 0 radical (unpaired) electrons. The molecule has 2 rings (SSSR count). The van der Waals surface area contributed by atoms with E-state index in [-0.39, 0.29) is 16.8 Å². The molecule has 176 valence electrons. The fourth-order valence-corrected chi connectivity index (χ4v) is 4.90. The van der Waals surface area contributed by atoms with Gasteiger partial charge in [-0.05, 0) is 55.2 Å². The highest BCUT2D eigenvalue weighted by Crippen LogP contribution is 2.31. The lowest BCUT2D eigenvalue weighted by atomic mass is 9.96. The number of anilines is 1. The third-order valence-corrected chi connectivity index (χ3v) is 6.56. The molecule has 0 aliphatic rings. The van der Waals surface area contributed by atoms with E-state index < -0.39 is 22.0 Å². The number of carbonyl (C=O) groups excluding carboxylic acids is 1. The van der Waals surface area contributed by atoms with Crippen molar-refractivity contribution in [1.29, 1.82) is 0 Å². The largest absolute Gasteiger partial charge is 0.497 e. The van der Waals surface area contributed by atoms with Crippen LogP contribution in [0, 0.1) is 5.92 Å². The number of rotatable bonds is 10. The second-order valence-electron chi connectivity index (χ2n) is 8.02. The molecule has 0 aliphatic carbocycles. The smallest absolute Gasteiger partial charge is 0.244 e. The van der Waals surface area contributed by atoms with Gasteiger partial charge in [0.25, 0.3) is 0 Å². The van der Waals surface area contributed by atoms with Crippen LogP contribution in [0.15, 0.2) is 42.5 Å². The summed E-state index contributed by atoms with van der Waals surface area (Å²) in [5.41, 5.74) is 1.20. The Morgan fingerprint density at radius 3 is 2.16 bits per heavy atom. The van der Waals surface area contributed by atoms with Gasteiger partial charge in [-0.1, -0.05) is 37.6 Å². The Kier molecular flexibility index (Phi) is 8.81. The van der Waals surface area contributed by atoms with Crippen LogP contribution in [-0.4, -0.2) is 40.8 Å². The van der Waals surface area contributed by atoms with Gasteiger partial charge in [-0.15, -0.1) is 0 Å². The van der Waals surface area contributed by atoms with E-state index in [2.05, 4.69) is 19.2 Å². The zero-order valence-corrected chi connectivity index (χ0v) is 20.8. The van der Waals surface area contributed by atoms with Gasteiger partial charge >= 0.3 is 0 Å². The van der Waals surface area contributed by atoms with Crippen molar-refractivity contribution in [3.63, 3.8) is 0 Å². The van der Waals surface area contributed by atoms with E-state index >= 15 is 0 Å². The Hall–Kier alpha value is -2.45. The number of ether oxygens (including phenoxy) is 2. The fourth-order valence-electron chi connectivity index (χ4n) is 3.48. The van der Waals surface area contributed by atoms with E-state index in [4.69, 9.17) is 21.1 Å². The Labute approximate surface area is 195 Å². The molecule has 2 aromatic rings. The van der Waals surface area contributed by atoms with Gasteiger partial charge in [-0.25, -0.2) is 8.42 Å². The van der Waals surface area contributed by atoms with Gasteiger partial charge in [0, 0.05) is 0 Å². The molecular weight excluding hydrogens is 452 g/mol. The number of hydrogen-bond acceptors (Lipinski definition) is 5. The molecule has 2 aromatic carbocycles. The van der Waals surface area contributed by atoms with Crippen molar-refractivity contribution in [1.82, 2.24) is 5.32 Å². The Morgan fingerprint density at radius 1 is 1.06 bits per heavy atom. The van der Waals surface area contributed by atoms with Crippen LogP contribution in [0.5, 0.6) is 11.5 Å². The number of methoxy groups -OCH3 is 2. The van der Waals surface area contributed by atoms with Gasteiger partial charge in [0.05, 0.1) is 37.2 Å². The summed E-state index contributed by atoms with van der Waals surface area (Å²) in [4.78, 5) is 13.2. The Bertz CT molecular complexity index is 1030. The molecule has 7 nitrogen and oxygen atoms in total. The van der Waals surface area contributed by atoms with Crippen molar-refractivity contribution in [3.05, 3.63) is 53.1 Å². The number of sulfonamides is 1. The topological polar surface area (TPSA) is 84.9 Å². The number of hydrogen-bond donors (Lipinski definition) is 1. The number of nitrogens with one attached hydrogen (secondary N) is 1. The van der Waals surface area contributed by atoms with Crippen LogP contribution in [0.25, 0.3) is 0 Å². The molecule has 0 aliphatic heterocycles. The first-order chi connectivity index (χ1) is 15.0. The second-order valence-corrected chi connectivity index (χ2v) is 10.3. The van der Waals surface area contributed by atoms with Crippen LogP contribution < -0.4 is 19.1 Å². The maximum absolute atomic E-state index is 13.2. The van der Waals surface area contributed by atoms with Gasteiger partial charge < -0.3 is 14.8 Å². The number of benzene rings is 2.